The first-order valence-corrected chi connectivity index (χ1v) is 9.60. The van der Waals surface area contributed by atoms with Gasteiger partial charge in [-0.15, -0.1) is 0 Å². The third-order valence-electron chi connectivity index (χ3n) is 3.58. The summed E-state index contributed by atoms with van der Waals surface area (Å²) in [5.74, 6) is -0.961. The van der Waals surface area contributed by atoms with Crippen molar-refractivity contribution in [1.82, 2.24) is 0 Å². The summed E-state index contributed by atoms with van der Waals surface area (Å²) < 4.78 is 24.5. The van der Waals surface area contributed by atoms with E-state index < -0.39 is 15.7 Å². The second-order valence-corrected chi connectivity index (χ2v) is 7.46. The van der Waals surface area contributed by atoms with Gasteiger partial charge in [0, 0.05) is 11.8 Å². The molecular weight excluding hydrogens is 314 g/mol. The first-order chi connectivity index (χ1) is 10.7. The first kappa shape index (κ1) is 19.2. The number of hydrogen-bond donors (Lipinski definition) is 2. The Balaban J connectivity index is 3.49. The minimum Gasteiger partial charge on any atom is -0.370 e. The van der Waals surface area contributed by atoms with Crippen LogP contribution >= 0.6 is 0 Å². The summed E-state index contributed by atoms with van der Waals surface area (Å²) >= 11 is 0. The van der Waals surface area contributed by atoms with E-state index in [0.29, 0.717) is 18.4 Å². The second-order valence-electron chi connectivity index (χ2n) is 5.50. The summed E-state index contributed by atoms with van der Waals surface area (Å²) in [6.07, 6.45) is 5.23. The molecule has 0 saturated carbocycles. The fourth-order valence-electron chi connectivity index (χ4n) is 2.63. The van der Waals surface area contributed by atoms with E-state index in [0.717, 1.165) is 24.8 Å². The summed E-state index contributed by atoms with van der Waals surface area (Å²) in [7, 11) is -3.46. The van der Waals surface area contributed by atoms with Crippen LogP contribution in [0.3, 0.4) is 0 Å². The van der Waals surface area contributed by atoms with Crippen molar-refractivity contribution in [2.75, 3.05) is 6.26 Å². The monoisotopic (exact) mass is 339 g/mol. The average Bonchev–Trinajstić information content (AvgIpc) is 2.44. The van der Waals surface area contributed by atoms with Crippen molar-refractivity contribution in [1.29, 1.82) is 0 Å². The van der Waals surface area contributed by atoms with Gasteiger partial charge in [-0.25, -0.2) is 8.42 Å². The molecule has 0 unspecified atom stereocenters. The lowest BCUT2D eigenvalue weighted by Gasteiger charge is -2.15. The smallest absolute Gasteiger partial charge is 0.280 e. The summed E-state index contributed by atoms with van der Waals surface area (Å²) in [5.41, 5.74) is 12.0. The number of aliphatic imine (C=N–C) groups is 1. The highest BCUT2D eigenvalue weighted by Gasteiger charge is 2.23. The van der Waals surface area contributed by atoms with E-state index >= 15 is 0 Å². The largest absolute Gasteiger partial charge is 0.370 e. The molecule has 0 aliphatic heterocycles. The minimum atomic E-state index is -3.46. The molecule has 0 spiro atoms. The molecule has 0 radical (unpaired) electrons. The highest BCUT2D eigenvalue weighted by Crippen LogP contribution is 2.27. The molecule has 0 heterocycles. The highest BCUT2D eigenvalue weighted by molar-refractivity contribution is 7.90. The Morgan fingerprint density at radius 2 is 1.83 bits per heavy atom. The molecule has 0 atom stereocenters. The molecule has 0 saturated heterocycles. The van der Waals surface area contributed by atoms with E-state index in [-0.39, 0.29) is 16.4 Å². The maximum absolute atomic E-state index is 12.3. The summed E-state index contributed by atoms with van der Waals surface area (Å²) in [5, 5.41) is 0. The fraction of sp³-hybridized carbons (Fsp3) is 0.500. The van der Waals surface area contributed by atoms with E-state index in [4.69, 9.17) is 11.5 Å². The van der Waals surface area contributed by atoms with E-state index in [9.17, 15) is 13.2 Å². The topological polar surface area (TPSA) is 116 Å². The molecule has 23 heavy (non-hydrogen) atoms. The maximum Gasteiger partial charge on any atom is 0.280 e. The number of unbranched alkanes of at least 4 members (excludes halogenated alkanes) is 2. The van der Waals surface area contributed by atoms with Gasteiger partial charge < -0.3 is 11.5 Å². The van der Waals surface area contributed by atoms with Crippen LogP contribution in [0, 0.1) is 0 Å². The van der Waals surface area contributed by atoms with Crippen LogP contribution < -0.4 is 11.5 Å². The predicted molar refractivity (Wildman–Crippen MR) is 92.3 cm³/mol. The molecule has 128 valence electrons. The third-order valence-corrected chi connectivity index (χ3v) is 4.83. The molecule has 0 aromatic heterocycles. The Kier molecular flexibility index (Phi) is 6.75. The van der Waals surface area contributed by atoms with Gasteiger partial charge in [0.25, 0.3) is 5.91 Å². The molecule has 6 nitrogen and oxygen atoms in total. The van der Waals surface area contributed by atoms with Gasteiger partial charge in [-0.05, 0) is 36.5 Å². The number of nitrogens with two attached hydrogens (primary N) is 2. The standard InChI is InChI=1S/C16H25N3O3S/c1-4-6-7-8-11-9-10-13(15(20)19-16(17)18)12(5-2)14(11)23(3,21)22/h9-10H,4-8H2,1-3H3,(H4,17,18,19,20). The minimum absolute atomic E-state index is 0.237. The third kappa shape index (κ3) is 5.06. The lowest BCUT2D eigenvalue weighted by Crippen LogP contribution is -2.24. The number of guanidine groups is 1. The van der Waals surface area contributed by atoms with Crippen molar-refractivity contribution >= 4 is 21.7 Å². The molecule has 1 rings (SSSR count). The Hall–Kier alpha value is -1.89. The SMILES string of the molecule is CCCCCc1ccc(C(=O)N=C(N)N)c(CC)c1S(C)(=O)=O. The van der Waals surface area contributed by atoms with Crippen LogP contribution in [0.15, 0.2) is 22.0 Å². The van der Waals surface area contributed by atoms with Gasteiger partial charge in [0.2, 0.25) is 0 Å². The highest BCUT2D eigenvalue weighted by atomic mass is 32.2. The summed E-state index contributed by atoms with van der Waals surface area (Å²) in [6, 6.07) is 3.31. The van der Waals surface area contributed by atoms with E-state index in [1.165, 1.54) is 6.26 Å². The molecule has 7 heteroatoms. The number of rotatable bonds is 7. The van der Waals surface area contributed by atoms with Crippen LogP contribution in [0.1, 0.15) is 54.6 Å². The normalized spacial score (nSPS) is 11.3. The number of carbonyl (C=O) groups excluding carboxylic acids is 1. The van der Waals surface area contributed by atoms with Crippen molar-refractivity contribution in [3.8, 4) is 0 Å². The molecule has 0 aliphatic rings. The molecule has 1 amide bonds. The van der Waals surface area contributed by atoms with Gasteiger partial charge in [0.05, 0.1) is 4.90 Å². The lowest BCUT2D eigenvalue weighted by atomic mass is 9.98. The van der Waals surface area contributed by atoms with Crippen molar-refractivity contribution < 1.29 is 13.2 Å². The Morgan fingerprint density at radius 3 is 2.30 bits per heavy atom. The average molecular weight is 339 g/mol. The van der Waals surface area contributed by atoms with Crippen LogP contribution in [0.4, 0.5) is 0 Å². The van der Waals surface area contributed by atoms with Gasteiger partial charge in [0.15, 0.2) is 15.8 Å². The molecule has 4 N–H and O–H groups in total. The summed E-state index contributed by atoms with van der Waals surface area (Å²) in [6.45, 7) is 3.90. The number of benzene rings is 1. The zero-order valence-electron chi connectivity index (χ0n) is 13.9. The van der Waals surface area contributed by atoms with Crippen LogP contribution in [0.2, 0.25) is 0 Å². The number of nitrogens with zero attached hydrogens (tertiary/aromatic N) is 1. The van der Waals surface area contributed by atoms with Gasteiger partial charge in [-0.2, -0.15) is 4.99 Å². The van der Waals surface area contributed by atoms with E-state index in [1.54, 1.807) is 12.1 Å². The van der Waals surface area contributed by atoms with Crippen molar-refractivity contribution in [3.05, 3.63) is 28.8 Å². The number of amides is 1. The Labute approximate surface area is 137 Å². The van der Waals surface area contributed by atoms with Crippen LogP contribution in [0.25, 0.3) is 0 Å². The van der Waals surface area contributed by atoms with Crippen molar-refractivity contribution in [2.45, 2.75) is 50.8 Å². The van der Waals surface area contributed by atoms with Crippen LogP contribution in [-0.4, -0.2) is 26.5 Å². The molecular formula is C16H25N3O3S. The van der Waals surface area contributed by atoms with Crippen molar-refractivity contribution in [2.24, 2.45) is 16.5 Å². The molecule has 0 fully saturated rings. The zero-order valence-corrected chi connectivity index (χ0v) is 14.7. The van der Waals surface area contributed by atoms with Gasteiger partial charge in [-0.1, -0.05) is 32.8 Å². The molecule has 1 aromatic carbocycles. The number of aryl methyl sites for hydroxylation is 1. The predicted octanol–water partition coefficient (Wildman–Crippen LogP) is 1.80. The van der Waals surface area contributed by atoms with Crippen LogP contribution in [0.5, 0.6) is 0 Å². The number of carbonyl (C=O) groups is 1. The van der Waals surface area contributed by atoms with Crippen molar-refractivity contribution in [3.63, 3.8) is 0 Å². The molecule has 0 bridgehead atoms. The van der Waals surface area contributed by atoms with Crippen LogP contribution in [-0.2, 0) is 22.7 Å². The van der Waals surface area contributed by atoms with E-state index in [2.05, 4.69) is 11.9 Å². The molecule has 1 aromatic rings. The number of sulfone groups is 1. The second kappa shape index (κ2) is 8.10. The van der Waals surface area contributed by atoms with Gasteiger partial charge >= 0.3 is 0 Å². The summed E-state index contributed by atoms with van der Waals surface area (Å²) in [4.78, 5) is 15.9. The Bertz CT molecular complexity index is 706. The quantitative estimate of drug-likeness (QED) is 0.446. The fourth-order valence-corrected chi connectivity index (χ4v) is 3.98. The Morgan fingerprint density at radius 1 is 1.17 bits per heavy atom. The first-order valence-electron chi connectivity index (χ1n) is 7.71. The number of hydrogen-bond acceptors (Lipinski definition) is 3. The van der Waals surface area contributed by atoms with E-state index in [1.807, 2.05) is 6.92 Å². The lowest BCUT2D eigenvalue weighted by molar-refractivity contribution is 0.100. The maximum atomic E-state index is 12.3. The zero-order chi connectivity index (χ0) is 17.6. The van der Waals surface area contributed by atoms with Gasteiger partial charge in [-0.3, -0.25) is 4.79 Å². The van der Waals surface area contributed by atoms with Gasteiger partial charge in [0.1, 0.15) is 0 Å². The molecule has 0 aliphatic carbocycles.